The lowest BCUT2D eigenvalue weighted by atomic mass is 9.83. The minimum absolute atomic E-state index is 0.0176. The summed E-state index contributed by atoms with van der Waals surface area (Å²) in [6.07, 6.45) is 0.237. The highest BCUT2D eigenvalue weighted by molar-refractivity contribution is 6.18. The van der Waals surface area contributed by atoms with Gasteiger partial charge in [-0.2, -0.15) is 13.2 Å². The molecule has 0 bridgehead atoms. The lowest BCUT2D eigenvalue weighted by Crippen LogP contribution is -2.49. The van der Waals surface area contributed by atoms with Crippen molar-refractivity contribution >= 4 is 11.6 Å². The van der Waals surface area contributed by atoms with Crippen LogP contribution in [0.4, 0.5) is 13.2 Å². The Hall–Kier alpha value is 0.0400. The van der Waals surface area contributed by atoms with Crippen LogP contribution in [-0.4, -0.2) is 24.1 Å². The smallest absolute Gasteiger partial charge is 0.310 e. The van der Waals surface area contributed by atoms with Crippen LogP contribution in [0, 0.1) is 0 Å². The van der Waals surface area contributed by atoms with E-state index in [4.69, 9.17) is 11.6 Å². The largest absolute Gasteiger partial charge is 0.390 e. The molecule has 1 aliphatic carbocycles. The van der Waals surface area contributed by atoms with E-state index in [9.17, 15) is 13.2 Å². The zero-order valence-electron chi connectivity index (χ0n) is 8.67. The summed E-state index contributed by atoms with van der Waals surface area (Å²) in [5, 5.41) is 2.99. The van der Waals surface area contributed by atoms with E-state index < -0.39 is 12.6 Å². The number of nitrogens with one attached hydrogen (secondary N) is 1. The molecule has 0 heterocycles. The highest BCUT2D eigenvalue weighted by atomic mass is 35.5. The molecule has 1 nitrogen and oxygen atoms in total. The van der Waals surface area contributed by atoms with Crippen LogP contribution in [-0.2, 0) is 0 Å². The highest BCUT2D eigenvalue weighted by Crippen LogP contribution is 2.29. The number of hydrogen-bond donors (Lipinski definition) is 1. The third kappa shape index (κ3) is 4.60. The maximum Gasteiger partial charge on any atom is 0.390 e. The van der Waals surface area contributed by atoms with Gasteiger partial charge in [0.15, 0.2) is 0 Å². The van der Waals surface area contributed by atoms with Gasteiger partial charge in [0.25, 0.3) is 0 Å². The second-order valence-electron chi connectivity index (χ2n) is 4.27. The van der Waals surface area contributed by atoms with E-state index in [2.05, 4.69) is 5.32 Å². The summed E-state index contributed by atoms with van der Waals surface area (Å²) in [5.41, 5.74) is -0.245. The maximum absolute atomic E-state index is 12.0. The van der Waals surface area contributed by atoms with E-state index in [1.54, 1.807) is 0 Å². The molecule has 1 saturated carbocycles. The van der Waals surface area contributed by atoms with Crippen LogP contribution in [0.5, 0.6) is 0 Å². The molecule has 1 aliphatic rings. The van der Waals surface area contributed by atoms with E-state index in [1.165, 1.54) is 6.42 Å². The van der Waals surface area contributed by atoms with E-state index in [-0.39, 0.29) is 12.1 Å². The quantitative estimate of drug-likeness (QED) is 0.746. The molecule has 0 unspecified atom stereocenters. The van der Waals surface area contributed by atoms with Crippen LogP contribution in [0.2, 0.25) is 0 Å². The van der Waals surface area contributed by atoms with Gasteiger partial charge in [-0.3, -0.25) is 0 Å². The van der Waals surface area contributed by atoms with Gasteiger partial charge in [-0.1, -0.05) is 19.3 Å². The normalized spacial score (nSPS) is 21.6. The summed E-state index contributed by atoms with van der Waals surface area (Å²) in [5.74, 6) is 0.408. The number of alkyl halides is 4. The van der Waals surface area contributed by atoms with Gasteiger partial charge >= 0.3 is 6.18 Å². The predicted octanol–water partition coefficient (Wildman–Crippen LogP) is 3.47. The molecule has 0 saturated heterocycles. The van der Waals surface area contributed by atoms with Gasteiger partial charge in [-0.25, -0.2) is 0 Å². The van der Waals surface area contributed by atoms with Crippen molar-refractivity contribution in [3.05, 3.63) is 0 Å². The Kier molecular flexibility index (Phi) is 4.71. The van der Waals surface area contributed by atoms with Crippen molar-refractivity contribution in [1.82, 2.24) is 5.32 Å². The van der Waals surface area contributed by atoms with E-state index in [0.717, 1.165) is 25.7 Å². The summed E-state index contributed by atoms with van der Waals surface area (Å²) < 4.78 is 35.9. The van der Waals surface area contributed by atoms with Gasteiger partial charge in [-0.05, 0) is 12.8 Å². The van der Waals surface area contributed by atoms with Gasteiger partial charge in [0.1, 0.15) is 0 Å². The molecule has 0 aromatic heterocycles. The summed E-state index contributed by atoms with van der Waals surface area (Å²) in [6.45, 7) is -0.0176. The fourth-order valence-corrected chi connectivity index (χ4v) is 2.42. The Morgan fingerprint density at radius 3 is 2.20 bits per heavy atom. The monoisotopic (exact) mass is 243 g/mol. The van der Waals surface area contributed by atoms with E-state index in [1.807, 2.05) is 0 Å². The molecule has 0 amide bonds. The molecule has 0 aromatic rings. The molecule has 15 heavy (non-hydrogen) atoms. The Morgan fingerprint density at radius 1 is 1.13 bits per heavy atom. The average molecular weight is 244 g/mol. The van der Waals surface area contributed by atoms with Crippen molar-refractivity contribution in [1.29, 1.82) is 0 Å². The number of halogens is 4. The Bertz CT molecular complexity index is 188. The predicted molar refractivity (Wildman–Crippen MR) is 55.2 cm³/mol. The zero-order valence-corrected chi connectivity index (χ0v) is 9.42. The lowest BCUT2D eigenvalue weighted by Gasteiger charge is -2.36. The van der Waals surface area contributed by atoms with Gasteiger partial charge in [-0.15, -0.1) is 11.6 Å². The fourth-order valence-electron chi connectivity index (χ4n) is 2.06. The highest BCUT2D eigenvalue weighted by Gasteiger charge is 2.33. The minimum atomic E-state index is -4.07. The van der Waals surface area contributed by atoms with Crippen molar-refractivity contribution in [3.63, 3.8) is 0 Å². The first-order chi connectivity index (χ1) is 6.97. The second-order valence-corrected chi connectivity index (χ2v) is 4.53. The summed E-state index contributed by atoms with van der Waals surface area (Å²) in [6, 6.07) is 0. The van der Waals surface area contributed by atoms with Gasteiger partial charge in [0.2, 0.25) is 0 Å². The van der Waals surface area contributed by atoms with Crippen molar-refractivity contribution < 1.29 is 13.2 Å². The standard InChI is InChI=1S/C10H17ClF3N/c11-8-9(4-2-1-3-5-9)15-7-6-10(12,13)14/h15H,1-8H2. The Labute approximate surface area is 93.4 Å². The van der Waals surface area contributed by atoms with Crippen LogP contribution >= 0.6 is 11.6 Å². The fraction of sp³-hybridized carbons (Fsp3) is 1.00. The van der Waals surface area contributed by atoms with Crippen LogP contribution in [0.25, 0.3) is 0 Å². The van der Waals surface area contributed by atoms with E-state index in [0.29, 0.717) is 5.88 Å². The van der Waals surface area contributed by atoms with Crippen LogP contribution in [0.3, 0.4) is 0 Å². The SMILES string of the molecule is FC(F)(F)CCNC1(CCl)CCCCC1. The molecule has 0 radical (unpaired) electrons. The molecular formula is C10H17ClF3N. The molecule has 1 N–H and O–H groups in total. The average Bonchev–Trinajstić information content (AvgIpc) is 2.17. The van der Waals surface area contributed by atoms with Crippen molar-refractivity contribution in [2.24, 2.45) is 0 Å². The first-order valence-electron chi connectivity index (χ1n) is 5.35. The zero-order chi connectivity index (χ0) is 11.4. The van der Waals surface area contributed by atoms with Gasteiger partial charge in [0.05, 0.1) is 6.42 Å². The second kappa shape index (κ2) is 5.39. The van der Waals surface area contributed by atoms with E-state index >= 15 is 0 Å². The molecule has 1 fully saturated rings. The van der Waals surface area contributed by atoms with Crippen molar-refractivity contribution in [3.8, 4) is 0 Å². The molecule has 0 aromatic carbocycles. The lowest BCUT2D eigenvalue weighted by molar-refractivity contribution is -0.134. The summed E-state index contributed by atoms with van der Waals surface area (Å²) in [4.78, 5) is 0. The van der Waals surface area contributed by atoms with Gasteiger partial charge < -0.3 is 5.32 Å². The Balaban J connectivity index is 2.33. The number of hydrogen-bond acceptors (Lipinski definition) is 1. The minimum Gasteiger partial charge on any atom is -0.310 e. The molecule has 90 valence electrons. The van der Waals surface area contributed by atoms with Crippen LogP contribution < -0.4 is 5.32 Å². The molecule has 0 atom stereocenters. The summed E-state index contributed by atoms with van der Waals surface area (Å²) >= 11 is 5.84. The molecular weight excluding hydrogens is 227 g/mol. The third-order valence-corrected chi connectivity index (χ3v) is 3.49. The summed E-state index contributed by atoms with van der Waals surface area (Å²) in [7, 11) is 0. The third-order valence-electron chi connectivity index (χ3n) is 2.97. The first-order valence-corrected chi connectivity index (χ1v) is 5.89. The topological polar surface area (TPSA) is 12.0 Å². The van der Waals surface area contributed by atoms with Crippen molar-refractivity contribution in [2.75, 3.05) is 12.4 Å². The number of rotatable bonds is 4. The molecule has 5 heteroatoms. The van der Waals surface area contributed by atoms with Crippen molar-refractivity contribution in [2.45, 2.75) is 50.2 Å². The molecule has 0 spiro atoms. The maximum atomic E-state index is 12.0. The molecule has 1 rings (SSSR count). The Morgan fingerprint density at radius 2 is 1.73 bits per heavy atom. The van der Waals surface area contributed by atoms with Gasteiger partial charge in [0, 0.05) is 18.0 Å². The van der Waals surface area contributed by atoms with Crippen LogP contribution in [0.1, 0.15) is 38.5 Å². The molecule has 0 aliphatic heterocycles. The van der Waals surface area contributed by atoms with Crippen LogP contribution in [0.15, 0.2) is 0 Å². The first kappa shape index (κ1) is 13.1.